The predicted molar refractivity (Wildman–Crippen MR) is 87.2 cm³/mol. The van der Waals surface area contributed by atoms with E-state index in [0.29, 0.717) is 11.5 Å². The normalized spacial score (nSPS) is 22.2. The lowest BCUT2D eigenvalue weighted by atomic mass is 10.0. The van der Waals surface area contributed by atoms with Crippen molar-refractivity contribution in [1.29, 1.82) is 0 Å². The fourth-order valence-corrected chi connectivity index (χ4v) is 3.50. The topological polar surface area (TPSA) is 105 Å². The van der Waals surface area contributed by atoms with Gasteiger partial charge in [0.05, 0.1) is 13.2 Å². The highest BCUT2D eigenvalue weighted by molar-refractivity contribution is 5.93. The second-order valence-electron chi connectivity index (χ2n) is 6.46. The predicted octanol–water partition coefficient (Wildman–Crippen LogP) is -0.288. The minimum Gasteiger partial charge on any atom is -0.379 e. The molecule has 0 bridgehead atoms. The smallest absolute Gasteiger partial charge is 0.272 e. The number of rotatable bonds is 4. The number of nitrogens with one attached hydrogen (secondary N) is 1. The van der Waals surface area contributed by atoms with Gasteiger partial charge in [-0.1, -0.05) is 0 Å². The fraction of sp³-hybridized carbons (Fsp3) is 0.667. The molecule has 2 aliphatic heterocycles. The van der Waals surface area contributed by atoms with E-state index in [0.717, 1.165) is 58.7 Å². The monoisotopic (exact) mass is 346 g/mol. The lowest BCUT2D eigenvalue weighted by molar-refractivity contribution is 0.0164. The summed E-state index contributed by atoms with van der Waals surface area (Å²) in [6.07, 6.45) is 4.70. The third-order valence-corrected chi connectivity index (χ3v) is 4.84. The molecule has 2 aromatic rings. The number of carbonyl (C=O) groups is 1. The number of morpholine rings is 1. The van der Waals surface area contributed by atoms with E-state index in [2.05, 4.69) is 30.6 Å². The molecule has 1 N–H and O–H groups in total. The Morgan fingerprint density at radius 2 is 2.16 bits per heavy atom. The van der Waals surface area contributed by atoms with E-state index < -0.39 is 0 Å². The van der Waals surface area contributed by atoms with Gasteiger partial charge in [0, 0.05) is 38.3 Å². The maximum atomic E-state index is 13.0. The number of ether oxygens (including phenoxy) is 1. The van der Waals surface area contributed by atoms with Crippen molar-refractivity contribution in [2.75, 3.05) is 39.4 Å². The number of hydrogen-bond acceptors (Lipinski definition) is 7. The average Bonchev–Trinajstić information content (AvgIpc) is 3.34. The van der Waals surface area contributed by atoms with Crippen LogP contribution in [0.4, 0.5) is 0 Å². The summed E-state index contributed by atoms with van der Waals surface area (Å²) in [5.41, 5.74) is 0.472. The van der Waals surface area contributed by atoms with Crippen molar-refractivity contribution < 1.29 is 9.53 Å². The molecule has 134 valence electrons. The number of amides is 1. The van der Waals surface area contributed by atoms with Gasteiger partial charge in [-0.05, 0) is 29.7 Å². The van der Waals surface area contributed by atoms with Gasteiger partial charge < -0.3 is 9.64 Å². The van der Waals surface area contributed by atoms with Crippen molar-refractivity contribution in [3.63, 3.8) is 0 Å². The number of hydrogen-bond donors (Lipinski definition) is 1. The van der Waals surface area contributed by atoms with Crippen LogP contribution in [0.5, 0.6) is 0 Å². The first kappa shape index (κ1) is 16.2. The van der Waals surface area contributed by atoms with Gasteiger partial charge >= 0.3 is 0 Å². The molecule has 0 aromatic carbocycles. The molecule has 2 fully saturated rings. The van der Waals surface area contributed by atoms with Gasteiger partial charge in [0.25, 0.3) is 5.91 Å². The standard InChI is InChI=1S/C15H22N8O2/c24-15(13-9-14(18-17-13)23-11-16-19-20-23)22-4-2-1-3-12(22)10-21-5-7-25-8-6-21/h9,11-12H,1-8,10H2,(H,17,18). The van der Waals surface area contributed by atoms with Crippen LogP contribution in [0.25, 0.3) is 5.82 Å². The van der Waals surface area contributed by atoms with Crippen LogP contribution in [0.15, 0.2) is 12.4 Å². The maximum Gasteiger partial charge on any atom is 0.272 e. The van der Waals surface area contributed by atoms with Gasteiger partial charge in [-0.25, -0.2) is 0 Å². The summed E-state index contributed by atoms with van der Waals surface area (Å²) in [5.74, 6) is 0.500. The number of aromatic nitrogens is 6. The number of H-pyrrole nitrogens is 1. The Bertz CT molecular complexity index is 694. The Balaban J connectivity index is 1.47. The van der Waals surface area contributed by atoms with Crippen molar-refractivity contribution >= 4 is 5.91 Å². The van der Waals surface area contributed by atoms with Gasteiger partial charge in [-0.2, -0.15) is 9.78 Å². The van der Waals surface area contributed by atoms with Crippen LogP contribution in [-0.2, 0) is 4.74 Å². The highest BCUT2D eigenvalue weighted by Crippen LogP contribution is 2.21. The van der Waals surface area contributed by atoms with E-state index >= 15 is 0 Å². The maximum absolute atomic E-state index is 13.0. The van der Waals surface area contributed by atoms with Crippen molar-refractivity contribution in [3.05, 3.63) is 18.1 Å². The second kappa shape index (κ2) is 7.28. The molecule has 10 heteroatoms. The van der Waals surface area contributed by atoms with Crippen molar-refractivity contribution in [2.45, 2.75) is 25.3 Å². The van der Waals surface area contributed by atoms with E-state index in [9.17, 15) is 4.79 Å². The summed E-state index contributed by atoms with van der Waals surface area (Å²) in [4.78, 5) is 17.4. The summed E-state index contributed by atoms with van der Waals surface area (Å²) in [7, 11) is 0. The third-order valence-electron chi connectivity index (χ3n) is 4.84. The first-order chi connectivity index (χ1) is 12.3. The van der Waals surface area contributed by atoms with Gasteiger partial charge in [0.2, 0.25) is 0 Å². The zero-order valence-electron chi connectivity index (χ0n) is 14.0. The van der Waals surface area contributed by atoms with E-state index in [1.807, 2.05) is 4.90 Å². The molecule has 1 atom stereocenters. The second-order valence-corrected chi connectivity index (χ2v) is 6.46. The summed E-state index contributed by atoms with van der Waals surface area (Å²) >= 11 is 0. The SMILES string of the molecule is O=C(c1cc(-n2cnnn2)n[nH]1)N1CCCCC1CN1CCOCC1. The molecular weight excluding hydrogens is 324 g/mol. The highest BCUT2D eigenvalue weighted by Gasteiger charge is 2.30. The van der Waals surface area contributed by atoms with Gasteiger partial charge in [0.15, 0.2) is 5.82 Å². The van der Waals surface area contributed by atoms with E-state index in [1.54, 1.807) is 6.07 Å². The molecule has 2 aromatic heterocycles. The zero-order chi connectivity index (χ0) is 17.1. The van der Waals surface area contributed by atoms with Crippen LogP contribution in [0.2, 0.25) is 0 Å². The molecule has 1 amide bonds. The molecule has 4 rings (SSSR count). The van der Waals surface area contributed by atoms with E-state index in [-0.39, 0.29) is 11.9 Å². The van der Waals surface area contributed by atoms with Gasteiger partial charge in [-0.3, -0.25) is 14.8 Å². The largest absolute Gasteiger partial charge is 0.379 e. The van der Waals surface area contributed by atoms with E-state index in [4.69, 9.17) is 4.74 Å². The molecular formula is C15H22N8O2. The molecule has 0 radical (unpaired) electrons. The van der Waals surface area contributed by atoms with E-state index in [1.165, 1.54) is 11.0 Å². The molecule has 4 heterocycles. The number of piperidine rings is 1. The Morgan fingerprint density at radius 1 is 1.28 bits per heavy atom. The minimum atomic E-state index is -0.00946. The number of nitrogens with zero attached hydrogens (tertiary/aromatic N) is 7. The average molecular weight is 346 g/mol. The third kappa shape index (κ3) is 3.54. The molecule has 0 saturated carbocycles. The first-order valence-corrected chi connectivity index (χ1v) is 8.71. The van der Waals surface area contributed by atoms with Crippen molar-refractivity contribution in [3.8, 4) is 5.82 Å². The number of tetrazole rings is 1. The number of likely N-dealkylation sites (tertiary alicyclic amines) is 1. The Morgan fingerprint density at radius 3 is 2.96 bits per heavy atom. The van der Waals surface area contributed by atoms with Crippen LogP contribution in [0, 0.1) is 0 Å². The Labute approximate surface area is 145 Å². The van der Waals surface area contributed by atoms with Crippen LogP contribution < -0.4 is 0 Å². The zero-order valence-corrected chi connectivity index (χ0v) is 14.0. The lowest BCUT2D eigenvalue weighted by Crippen LogP contribution is -2.51. The number of aromatic amines is 1. The molecule has 0 aliphatic carbocycles. The van der Waals surface area contributed by atoms with Gasteiger partial charge in [-0.15, -0.1) is 5.10 Å². The van der Waals surface area contributed by atoms with Crippen molar-refractivity contribution in [1.82, 2.24) is 40.2 Å². The number of carbonyl (C=O) groups excluding carboxylic acids is 1. The van der Waals surface area contributed by atoms with Crippen LogP contribution in [0.3, 0.4) is 0 Å². The lowest BCUT2D eigenvalue weighted by Gasteiger charge is -2.39. The summed E-state index contributed by atoms with van der Waals surface area (Å²) in [6.45, 7) is 5.11. The summed E-state index contributed by atoms with van der Waals surface area (Å²) in [5, 5.41) is 17.9. The molecule has 2 saturated heterocycles. The molecule has 10 nitrogen and oxygen atoms in total. The van der Waals surface area contributed by atoms with Crippen LogP contribution >= 0.6 is 0 Å². The highest BCUT2D eigenvalue weighted by atomic mass is 16.5. The molecule has 1 unspecified atom stereocenters. The van der Waals surface area contributed by atoms with Crippen LogP contribution in [-0.4, -0.2) is 91.5 Å². The van der Waals surface area contributed by atoms with Crippen molar-refractivity contribution in [2.24, 2.45) is 0 Å². The molecule has 2 aliphatic rings. The minimum absolute atomic E-state index is 0.00946. The fourth-order valence-electron chi connectivity index (χ4n) is 3.50. The molecule has 0 spiro atoms. The Hall–Kier alpha value is -2.33. The van der Waals surface area contributed by atoms with Crippen LogP contribution in [0.1, 0.15) is 29.8 Å². The molecule has 25 heavy (non-hydrogen) atoms. The van der Waals surface area contributed by atoms with Gasteiger partial charge in [0.1, 0.15) is 12.0 Å². The summed E-state index contributed by atoms with van der Waals surface area (Å²) in [6, 6.07) is 1.93. The first-order valence-electron chi connectivity index (χ1n) is 8.71. The summed E-state index contributed by atoms with van der Waals surface area (Å²) < 4.78 is 6.84. The quantitative estimate of drug-likeness (QED) is 0.811. The Kier molecular flexibility index (Phi) is 4.70.